The van der Waals surface area contributed by atoms with Crippen molar-refractivity contribution in [1.82, 2.24) is 9.99 Å². The fraction of sp³-hybridized carbons (Fsp3) is 0.118. The van der Waals surface area contributed by atoms with E-state index in [-0.39, 0.29) is 24.7 Å². The highest BCUT2D eigenvalue weighted by Crippen LogP contribution is 2.31. The zero-order valence-corrected chi connectivity index (χ0v) is 12.8. The minimum Gasteiger partial charge on any atom is -0.288 e. The minimum absolute atomic E-state index is 0.228. The largest absolute Gasteiger partial charge is 0.288 e. The van der Waals surface area contributed by atoms with Gasteiger partial charge in [-0.2, -0.15) is 5.01 Å². The van der Waals surface area contributed by atoms with Crippen LogP contribution in [-0.4, -0.2) is 21.8 Å². The fourth-order valence-electron chi connectivity index (χ4n) is 2.84. The van der Waals surface area contributed by atoms with Crippen molar-refractivity contribution >= 4 is 50.8 Å². The number of nitrogens with zero attached hydrogens (tertiary/aromatic N) is 2. The van der Waals surface area contributed by atoms with E-state index in [1.807, 2.05) is 36.4 Å². The average Bonchev–Trinajstić information content (AvgIpc) is 2.86. The summed E-state index contributed by atoms with van der Waals surface area (Å²) in [4.78, 5) is 28.0. The first-order valence-electron chi connectivity index (χ1n) is 7.24. The van der Waals surface area contributed by atoms with Gasteiger partial charge in [-0.1, -0.05) is 48.0 Å². The number of hydrazine groups is 1. The van der Waals surface area contributed by atoms with Gasteiger partial charge in [-0.05, 0) is 5.39 Å². The second-order valence-corrected chi connectivity index (χ2v) is 5.80. The quantitative estimate of drug-likeness (QED) is 0.445. The smallest absolute Gasteiger partial charge is 0.248 e. The van der Waals surface area contributed by atoms with Gasteiger partial charge in [0.15, 0.2) is 0 Å². The first-order valence-corrected chi connectivity index (χ1v) is 7.62. The van der Waals surface area contributed by atoms with E-state index in [9.17, 15) is 9.59 Å². The lowest BCUT2D eigenvalue weighted by molar-refractivity contribution is -0.136. The highest BCUT2D eigenvalue weighted by molar-refractivity contribution is 6.30. The first-order chi connectivity index (χ1) is 11.1. The lowest BCUT2D eigenvalue weighted by atomic mass is 10.1. The number of rotatable bonds is 2. The van der Waals surface area contributed by atoms with Crippen LogP contribution in [0.15, 0.2) is 42.5 Å². The van der Waals surface area contributed by atoms with Crippen LogP contribution in [0.4, 0.5) is 5.69 Å². The molecule has 2 heterocycles. The van der Waals surface area contributed by atoms with Crippen LogP contribution in [0, 0.1) is 0 Å². The number of aromatic nitrogens is 1. The molecule has 1 aliphatic heterocycles. The Balaban J connectivity index is 1.91. The topological polar surface area (TPSA) is 62.3 Å². The van der Waals surface area contributed by atoms with Crippen LogP contribution in [-0.2, 0) is 9.59 Å². The molecule has 1 N–H and O–H groups in total. The van der Waals surface area contributed by atoms with Crippen molar-refractivity contribution in [3.63, 3.8) is 0 Å². The van der Waals surface area contributed by atoms with Crippen LogP contribution in [0.3, 0.4) is 0 Å². The molecule has 23 heavy (non-hydrogen) atoms. The second-order valence-electron chi connectivity index (χ2n) is 5.41. The van der Waals surface area contributed by atoms with Gasteiger partial charge in [-0.25, -0.2) is 4.98 Å². The second kappa shape index (κ2) is 5.21. The lowest BCUT2D eigenvalue weighted by Gasteiger charge is -2.18. The molecular formula is C17H12ClN3O2. The summed E-state index contributed by atoms with van der Waals surface area (Å²) in [5.41, 5.74) is 4.22. The lowest BCUT2D eigenvalue weighted by Crippen LogP contribution is -2.34. The SMILES string of the molecule is O=C1CCC(=O)N1Nc1cc(Cl)nc2c1ccc1ccccc12. The van der Waals surface area contributed by atoms with Gasteiger partial charge in [-0.3, -0.25) is 15.0 Å². The molecule has 0 radical (unpaired) electrons. The van der Waals surface area contributed by atoms with Crippen molar-refractivity contribution in [2.24, 2.45) is 0 Å². The summed E-state index contributed by atoms with van der Waals surface area (Å²) in [5, 5.41) is 4.18. The van der Waals surface area contributed by atoms with Crippen LogP contribution in [0.1, 0.15) is 12.8 Å². The first kappa shape index (κ1) is 14.0. The van der Waals surface area contributed by atoms with Crippen molar-refractivity contribution in [2.45, 2.75) is 12.8 Å². The number of carbonyl (C=O) groups is 2. The Kier molecular flexibility index (Phi) is 3.16. The third-order valence-electron chi connectivity index (χ3n) is 3.96. The molecule has 0 aliphatic carbocycles. The number of amides is 2. The third-order valence-corrected chi connectivity index (χ3v) is 4.15. The van der Waals surface area contributed by atoms with Crippen molar-refractivity contribution in [2.75, 3.05) is 5.43 Å². The normalized spacial score (nSPS) is 14.9. The predicted octanol–water partition coefficient (Wildman–Crippen LogP) is 3.52. The van der Waals surface area contributed by atoms with E-state index in [0.717, 1.165) is 26.7 Å². The molecule has 0 bridgehead atoms. The van der Waals surface area contributed by atoms with E-state index < -0.39 is 0 Å². The summed E-state index contributed by atoms with van der Waals surface area (Å²) in [6.07, 6.45) is 0.455. The highest BCUT2D eigenvalue weighted by Gasteiger charge is 2.29. The van der Waals surface area contributed by atoms with E-state index in [0.29, 0.717) is 10.8 Å². The summed E-state index contributed by atoms with van der Waals surface area (Å²) in [6.45, 7) is 0. The molecule has 0 spiro atoms. The van der Waals surface area contributed by atoms with E-state index in [1.54, 1.807) is 6.07 Å². The highest BCUT2D eigenvalue weighted by atomic mass is 35.5. The molecule has 3 aromatic rings. The molecule has 1 aromatic heterocycles. The fourth-order valence-corrected chi connectivity index (χ4v) is 3.04. The number of hydrogen-bond acceptors (Lipinski definition) is 4. The number of carbonyl (C=O) groups excluding carboxylic acids is 2. The van der Waals surface area contributed by atoms with Crippen LogP contribution < -0.4 is 5.43 Å². The molecular weight excluding hydrogens is 314 g/mol. The Bertz CT molecular complexity index is 955. The van der Waals surface area contributed by atoms with Gasteiger partial charge < -0.3 is 0 Å². The van der Waals surface area contributed by atoms with Gasteiger partial charge in [0.1, 0.15) is 5.15 Å². The Morgan fingerprint density at radius 3 is 2.52 bits per heavy atom. The van der Waals surface area contributed by atoms with E-state index >= 15 is 0 Å². The van der Waals surface area contributed by atoms with Crippen molar-refractivity contribution < 1.29 is 9.59 Å². The van der Waals surface area contributed by atoms with Gasteiger partial charge in [0.05, 0.1) is 11.2 Å². The maximum atomic E-state index is 11.8. The van der Waals surface area contributed by atoms with Crippen molar-refractivity contribution in [3.8, 4) is 0 Å². The number of imide groups is 1. The van der Waals surface area contributed by atoms with Gasteiger partial charge in [0.25, 0.3) is 0 Å². The van der Waals surface area contributed by atoms with Gasteiger partial charge in [0, 0.05) is 29.7 Å². The van der Waals surface area contributed by atoms with Crippen LogP contribution in [0.5, 0.6) is 0 Å². The molecule has 0 unspecified atom stereocenters. The number of halogens is 1. The maximum absolute atomic E-state index is 11.8. The molecule has 6 heteroatoms. The van der Waals surface area contributed by atoms with Crippen molar-refractivity contribution in [1.29, 1.82) is 0 Å². The van der Waals surface area contributed by atoms with Gasteiger partial charge >= 0.3 is 0 Å². The molecule has 0 atom stereocenters. The molecule has 2 amide bonds. The average molecular weight is 326 g/mol. The Morgan fingerprint density at radius 2 is 1.74 bits per heavy atom. The molecule has 1 fully saturated rings. The number of pyridine rings is 1. The van der Waals surface area contributed by atoms with Crippen LogP contribution in [0.2, 0.25) is 5.15 Å². The standard InChI is InChI=1S/C17H12ClN3O2/c18-14-9-13(20-21-15(22)7-8-16(21)23)12-6-5-10-3-1-2-4-11(10)17(12)19-14/h1-6,9H,7-8H2,(H,19,20). The maximum Gasteiger partial charge on any atom is 0.248 e. The molecule has 2 aromatic carbocycles. The number of nitrogens with one attached hydrogen (secondary N) is 1. The zero-order chi connectivity index (χ0) is 16.0. The predicted molar refractivity (Wildman–Crippen MR) is 89.0 cm³/mol. The Hall–Kier alpha value is -2.66. The van der Waals surface area contributed by atoms with E-state index in [1.165, 1.54) is 0 Å². The number of hydrogen-bond donors (Lipinski definition) is 1. The van der Waals surface area contributed by atoms with E-state index in [2.05, 4.69) is 10.4 Å². The van der Waals surface area contributed by atoms with Gasteiger partial charge in [0.2, 0.25) is 11.8 Å². The molecule has 0 saturated carbocycles. The molecule has 1 saturated heterocycles. The number of anilines is 1. The van der Waals surface area contributed by atoms with Gasteiger partial charge in [-0.15, -0.1) is 0 Å². The summed E-state index contributed by atoms with van der Waals surface area (Å²) >= 11 is 6.14. The zero-order valence-electron chi connectivity index (χ0n) is 12.0. The van der Waals surface area contributed by atoms with Crippen LogP contribution >= 0.6 is 11.6 Å². The number of benzene rings is 2. The van der Waals surface area contributed by atoms with Crippen molar-refractivity contribution in [3.05, 3.63) is 47.6 Å². The van der Waals surface area contributed by atoms with E-state index in [4.69, 9.17) is 11.6 Å². The Morgan fingerprint density at radius 1 is 1.00 bits per heavy atom. The van der Waals surface area contributed by atoms with Crippen LogP contribution in [0.25, 0.3) is 21.7 Å². The summed E-state index contributed by atoms with van der Waals surface area (Å²) in [5.74, 6) is -0.478. The molecule has 5 nitrogen and oxygen atoms in total. The molecule has 114 valence electrons. The monoisotopic (exact) mass is 325 g/mol. The molecule has 1 aliphatic rings. The molecule has 4 rings (SSSR count). The minimum atomic E-state index is -0.239. The number of fused-ring (bicyclic) bond motifs is 3. The Labute approximate surface area is 136 Å². The summed E-state index contributed by atoms with van der Waals surface area (Å²) < 4.78 is 0. The summed E-state index contributed by atoms with van der Waals surface area (Å²) in [7, 11) is 0. The summed E-state index contributed by atoms with van der Waals surface area (Å²) in [6, 6.07) is 13.4. The third kappa shape index (κ3) is 2.29.